The van der Waals surface area contributed by atoms with E-state index < -0.39 is 11.0 Å². The van der Waals surface area contributed by atoms with Crippen LogP contribution in [0, 0.1) is 11.3 Å². The maximum Gasteiger partial charge on any atom is 0.410 e. The summed E-state index contributed by atoms with van der Waals surface area (Å²) in [5.74, 6) is 2.02. The molecule has 6 rings (SSSR count). The Morgan fingerprint density at radius 3 is 2.61 bits per heavy atom. The zero-order valence-electron chi connectivity index (χ0n) is 27.5. The van der Waals surface area contributed by atoms with Crippen molar-refractivity contribution in [2.24, 2.45) is 0 Å². The number of aryl methyl sites for hydroxylation is 1. The third-order valence-electron chi connectivity index (χ3n) is 9.22. The van der Waals surface area contributed by atoms with Crippen LogP contribution in [0.4, 0.5) is 15.6 Å². The van der Waals surface area contributed by atoms with Gasteiger partial charge in [0.1, 0.15) is 28.6 Å². The number of fused-ring (bicyclic) bond motifs is 1. The second-order valence-electron chi connectivity index (χ2n) is 13.7. The van der Waals surface area contributed by atoms with E-state index in [4.69, 9.17) is 34.7 Å². The van der Waals surface area contributed by atoms with Crippen molar-refractivity contribution < 1.29 is 18.8 Å². The largest absolute Gasteiger partial charge is 0.473 e. The van der Waals surface area contributed by atoms with E-state index in [0.29, 0.717) is 54.3 Å². The minimum Gasteiger partial charge on any atom is -0.473 e. The highest BCUT2D eigenvalue weighted by Crippen LogP contribution is 2.48. The molecule has 0 bridgehead atoms. The molecule has 0 aromatic carbocycles. The first-order valence-corrected chi connectivity index (χ1v) is 16.8. The van der Waals surface area contributed by atoms with Gasteiger partial charge in [-0.3, -0.25) is 4.90 Å². The van der Waals surface area contributed by atoms with Gasteiger partial charge in [-0.25, -0.2) is 9.78 Å². The second kappa shape index (κ2) is 12.3. The number of ether oxygens (including phenoxy) is 2. The van der Waals surface area contributed by atoms with Crippen LogP contribution >= 0.6 is 11.3 Å². The predicted octanol–water partition coefficient (Wildman–Crippen LogP) is 4.60. The lowest BCUT2D eigenvalue weighted by molar-refractivity contribution is 0.0240. The normalized spacial score (nSPS) is 22.8. The van der Waals surface area contributed by atoms with Gasteiger partial charge in [0, 0.05) is 48.7 Å². The molecule has 1 amide bonds. The number of rotatable bonds is 6. The zero-order chi connectivity index (χ0) is 32.8. The topological polar surface area (TPSA) is 160 Å². The Labute approximate surface area is 273 Å². The summed E-state index contributed by atoms with van der Waals surface area (Å²) in [6, 6.07) is 4.43. The van der Waals surface area contributed by atoms with Gasteiger partial charge in [-0.15, -0.1) is 11.3 Å². The molecule has 3 aromatic heterocycles. The van der Waals surface area contributed by atoms with Crippen LogP contribution in [0.25, 0.3) is 11.6 Å². The Balaban J connectivity index is 1.30. The molecule has 5 heterocycles. The highest BCUT2D eigenvalue weighted by atomic mass is 32.1. The molecule has 3 aliphatic rings. The van der Waals surface area contributed by atoms with E-state index in [-0.39, 0.29) is 29.9 Å². The Bertz CT molecular complexity index is 1630. The molecule has 0 saturated carbocycles. The van der Waals surface area contributed by atoms with E-state index in [2.05, 4.69) is 35.0 Å². The summed E-state index contributed by atoms with van der Waals surface area (Å²) in [7, 11) is 2.12. The minimum atomic E-state index is -0.658. The van der Waals surface area contributed by atoms with Gasteiger partial charge in [0.2, 0.25) is 23.4 Å². The number of anilines is 2. The van der Waals surface area contributed by atoms with Gasteiger partial charge in [0.15, 0.2) is 0 Å². The summed E-state index contributed by atoms with van der Waals surface area (Å²) in [5.41, 5.74) is 6.40. The minimum absolute atomic E-state index is 0.0963. The number of amides is 1. The van der Waals surface area contributed by atoms with Gasteiger partial charge in [-0.05, 0) is 80.3 Å². The van der Waals surface area contributed by atoms with E-state index in [1.807, 2.05) is 33.8 Å². The maximum atomic E-state index is 12.7. The SMILES string of the molecule is C[C@H](Oc1cc(N2CCN(C(=O)OC(C)(C)C)CC2)nc(-c2noc([C@@]3(C)CCCc4sc(N)c(C#N)c43)n2)n1)[C@@H]1CCCN1C. The van der Waals surface area contributed by atoms with E-state index >= 15 is 0 Å². The molecule has 3 atom stereocenters. The first-order chi connectivity index (χ1) is 21.9. The molecule has 2 N–H and O–H groups in total. The third-order valence-corrected chi connectivity index (χ3v) is 10.3. The summed E-state index contributed by atoms with van der Waals surface area (Å²) >= 11 is 1.46. The Morgan fingerprint density at radius 1 is 1.17 bits per heavy atom. The average molecular weight is 650 g/mol. The zero-order valence-corrected chi connectivity index (χ0v) is 28.3. The monoisotopic (exact) mass is 649 g/mol. The smallest absolute Gasteiger partial charge is 0.410 e. The number of aromatic nitrogens is 4. The van der Waals surface area contributed by atoms with Crippen LogP contribution < -0.4 is 15.4 Å². The van der Waals surface area contributed by atoms with Crippen molar-refractivity contribution in [2.45, 2.75) is 89.9 Å². The molecular weight excluding hydrogens is 606 g/mol. The van der Waals surface area contributed by atoms with Gasteiger partial charge >= 0.3 is 6.09 Å². The number of hydrogen-bond acceptors (Lipinski definition) is 13. The third kappa shape index (κ3) is 6.22. The average Bonchev–Trinajstić information content (AvgIpc) is 3.75. The molecule has 14 heteroatoms. The summed E-state index contributed by atoms with van der Waals surface area (Å²) < 4.78 is 17.9. The predicted molar refractivity (Wildman–Crippen MR) is 174 cm³/mol. The van der Waals surface area contributed by atoms with Crippen molar-refractivity contribution in [3.05, 3.63) is 28.0 Å². The van der Waals surface area contributed by atoms with Crippen LogP contribution in [0.5, 0.6) is 5.88 Å². The second-order valence-corrected chi connectivity index (χ2v) is 14.9. The number of nitrogen functional groups attached to an aromatic ring is 1. The number of nitrogens with zero attached hydrogens (tertiary/aromatic N) is 8. The molecule has 2 aliphatic heterocycles. The number of carbonyl (C=O) groups excluding carboxylic acids is 1. The molecule has 0 unspecified atom stereocenters. The van der Waals surface area contributed by atoms with Crippen molar-refractivity contribution in [1.29, 1.82) is 5.26 Å². The number of likely N-dealkylation sites (tertiary alicyclic amines) is 1. The summed E-state index contributed by atoms with van der Waals surface area (Å²) in [4.78, 5) is 34.4. The number of thiophene rings is 1. The maximum absolute atomic E-state index is 12.7. The van der Waals surface area contributed by atoms with Crippen LogP contribution in [-0.4, -0.2) is 93.5 Å². The van der Waals surface area contributed by atoms with Crippen LogP contribution in [0.1, 0.15) is 82.2 Å². The standard InChI is InChI=1S/C32H43N9O4S/c1-19(21-9-8-12-39(21)6)43-24-17-23(40-13-15-41(16-14-40)30(42)44-31(2,3)4)35-27(36-24)28-37-29(45-38-28)32(5)11-7-10-22-25(32)20(18-33)26(34)46-22/h17,19,21H,7-16,34H2,1-6H3/t19-,21-,32-/m0/s1. The summed E-state index contributed by atoms with van der Waals surface area (Å²) in [5, 5.41) is 14.8. The fourth-order valence-electron chi connectivity index (χ4n) is 6.83. The molecule has 0 spiro atoms. The lowest BCUT2D eigenvalue weighted by atomic mass is 9.72. The lowest BCUT2D eigenvalue weighted by Gasteiger charge is -2.36. The summed E-state index contributed by atoms with van der Waals surface area (Å²) in [6.45, 7) is 12.8. The molecule has 0 radical (unpaired) electrons. The molecule has 2 saturated heterocycles. The molecular formula is C32H43N9O4S. The van der Waals surface area contributed by atoms with Gasteiger partial charge in [-0.1, -0.05) is 5.16 Å². The Kier molecular flexibility index (Phi) is 8.58. The Hall–Kier alpha value is -3.96. The van der Waals surface area contributed by atoms with Crippen LogP contribution in [0.15, 0.2) is 10.6 Å². The quantitative estimate of drug-likeness (QED) is 0.396. The van der Waals surface area contributed by atoms with Crippen LogP contribution in [0.2, 0.25) is 0 Å². The fourth-order valence-corrected chi connectivity index (χ4v) is 8.02. The molecule has 246 valence electrons. The van der Waals surface area contributed by atoms with E-state index in [0.717, 1.165) is 49.1 Å². The van der Waals surface area contributed by atoms with Gasteiger partial charge in [0.25, 0.3) is 0 Å². The van der Waals surface area contributed by atoms with Gasteiger partial charge in [0.05, 0.1) is 11.0 Å². The number of nitriles is 1. The number of carbonyl (C=O) groups is 1. The number of nitrogens with two attached hydrogens (primary N) is 1. The van der Waals surface area contributed by atoms with Crippen molar-refractivity contribution in [1.82, 2.24) is 29.9 Å². The number of likely N-dealkylation sites (N-methyl/N-ethyl adjacent to an activating group) is 1. The molecule has 2 fully saturated rings. The van der Waals surface area contributed by atoms with Crippen molar-refractivity contribution in [2.75, 3.05) is 50.4 Å². The van der Waals surface area contributed by atoms with Crippen molar-refractivity contribution in [3.8, 4) is 23.6 Å². The van der Waals surface area contributed by atoms with E-state index in [1.54, 1.807) is 4.90 Å². The first-order valence-electron chi connectivity index (χ1n) is 16.0. The highest BCUT2D eigenvalue weighted by Gasteiger charge is 2.43. The lowest BCUT2D eigenvalue weighted by Crippen LogP contribution is -2.50. The number of hydrogen-bond donors (Lipinski definition) is 1. The van der Waals surface area contributed by atoms with Crippen LogP contribution in [-0.2, 0) is 16.6 Å². The molecule has 46 heavy (non-hydrogen) atoms. The Morgan fingerprint density at radius 2 is 1.93 bits per heavy atom. The van der Waals surface area contributed by atoms with Crippen LogP contribution in [0.3, 0.4) is 0 Å². The van der Waals surface area contributed by atoms with Crippen molar-refractivity contribution in [3.63, 3.8) is 0 Å². The van der Waals surface area contributed by atoms with Gasteiger partial charge in [-0.2, -0.15) is 15.2 Å². The molecule has 13 nitrogen and oxygen atoms in total. The van der Waals surface area contributed by atoms with E-state index in [9.17, 15) is 10.1 Å². The molecule has 1 aliphatic carbocycles. The molecule has 3 aromatic rings. The summed E-state index contributed by atoms with van der Waals surface area (Å²) in [6.07, 6.45) is 4.30. The number of piperazine rings is 1. The highest BCUT2D eigenvalue weighted by molar-refractivity contribution is 7.16. The van der Waals surface area contributed by atoms with Crippen molar-refractivity contribution >= 4 is 28.2 Å². The van der Waals surface area contributed by atoms with E-state index in [1.165, 1.54) is 11.3 Å². The van der Waals surface area contributed by atoms with Gasteiger partial charge < -0.3 is 29.5 Å². The first kappa shape index (κ1) is 32.0. The fraction of sp³-hybridized carbons (Fsp3) is 0.625.